The molecule has 0 aliphatic carbocycles. The van der Waals surface area contributed by atoms with Gasteiger partial charge in [-0.05, 0) is 19.9 Å². The van der Waals surface area contributed by atoms with E-state index in [4.69, 9.17) is 9.84 Å². The molecule has 3 heteroatoms. The monoisotopic (exact) mass is 173 g/mol. The molecule has 1 N–H and O–H groups in total. The van der Waals surface area contributed by atoms with Gasteiger partial charge in [-0.25, -0.2) is 0 Å². The Morgan fingerprint density at radius 3 is 2.83 bits per heavy atom. The number of aliphatic hydroxyl groups excluding tert-OH is 1. The van der Waals surface area contributed by atoms with E-state index < -0.39 is 0 Å². The topological polar surface area (TPSA) is 32.7 Å². The lowest BCUT2D eigenvalue weighted by Gasteiger charge is -2.35. The Morgan fingerprint density at radius 2 is 2.25 bits per heavy atom. The Morgan fingerprint density at radius 1 is 1.50 bits per heavy atom. The van der Waals surface area contributed by atoms with Gasteiger partial charge in [-0.1, -0.05) is 6.92 Å². The van der Waals surface area contributed by atoms with E-state index in [1.54, 1.807) is 0 Å². The molecule has 1 heterocycles. The van der Waals surface area contributed by atoms with Crippen LogP contribution in [-0.4, -0.2) is 48.5 Å². The minimum atomic E-state index is 0.0281. The van der Waals surface area contributed by atoms with Crippen molar-refractivity contribution in [3.63, 3.8) is 0 Å². The van der Waals surface area contributed by atoms with Gasteiger partial charge in [-0.3, -0.25) is 4.90 Å². The molecule has 0 saturated carbocycles. The van der Waals surface area contributed by atoms with E-state index in [9.17, 15) is 0 Å². The van der Waals surface area contributed by atoms with Crippen molar-refractivity contribution in [2.24, 2.45) is 0 Å². The van der Waals surface area contributed by atoms with E-state index in [2.05, 4.69) is 18.7 Å². The van der Waals surface area contributed by atoms with Crippen LogP contribution < -0.4 is 0 Å². The lowest BCUT2D eigenvalue weighted by molar-refractivity contribution is -0.0949. The van der Waals surface area contributed by atoms with Crippen LogP contribution in [0.2, 0.25) is 0 Å². The van der Waals surface area contributed by atoms with Crippen molar-refractivity contribution >= 4 is 0 Å². The molecule has 3 nitrogen and oxygen atoms in total. The molecule has 0 amide bonds. The van der Waals surface area contributed by atoms with Gasteiger partial charge in [0.2, 0.25) is 0 Å². The fraction of sp³-hybridized carbons (Fsp3) is 1.00. The largest absolute Gasteiger partial charge is 0.394 e. The van der Waals surface area contributed by atoms with Crippen LogP contribution in [0.25, 0.3) is 0 Å². The fourth-order valence-electron chi connectivity index (χ4n) is 1.74. The summed E-state index contributed by atoms with van der Waals surface area (Å²) in [6, 6.07) is 0. The van der Waals surface area contributed by atoms with Gasteiger partial charge in [-0.2, -0.15) is 0 Å². The third kappa shape index (κ3) is 2.73. The molecule has 1 aliphatic heterocycles. The third-order valence-corrected chi connectivity index (χ3v) is 2.15. The second kappa shape index (κ2) is 4.80. The van der Waals surface area contributed by atoms with Crippen LogP contribution >= 0.6 is 0 Å². The lowest BCUT2D eigenvalue weighted by atomic mass is 10.2. The first-order chi connectivity index (χ1) is 5.76. The molecule has 0 aromatic heterocycles. The van der Waals surface area contributed by atoms with Crippen LogP contribution in [0.4, 0.5) is 0 Å². The second-order valence-corrected chi connectivity index (χ2v) is 3.51. The number of nitrogens with zero attached hydrogens (tertiary/aromatic N) is 1. The zero-order valence-electron chi connectivity index (χ0n) is 7.99. The molecule has 1 fully saturated rings. The second-order valence-electron chi connectivity index (χ2n) is 3.51. The molecule has 0 bridgehead atoms. The first-order valence-electron chi connectivity index (χ1n) is 4.75. The number of ether oxygens (including phenoxy) is 1. The number of morpholine rings is 1. The summed E-state index contributed by atoms with van der Waals surface area (Å²) in [5.41, 5.74) is 0. The predicted octanol–water partition coefficient (Wildman–Crippen LogP) is 0.478. The predicted molar refractivity (Wildman–Crippen MR) is 48.2 cm³/mol. The highest BCUT2D eigenvalue weighted by Crippen LogP contribution is 2.10. The van der Waals surface area contributed by atoms with E-state index in [-0.39, 0.29) is 18.8 Å². The molecule has 2 unspecified atom stereocenters. The molecule has 0 aromatic carbocycles. The van der Waals surface area contributed by atoms with Crippen molar-refractivity contribution in [1.82, 2.24) is 4.90 Å². The maximum Gasteiger partial charge on any atom is 0.0936 e. The van der Waals surface area contributed by atoms with Gasteiger partial charge in [0.05, 0.1) is 18.8 Å². The Bertz CT molecular complexity index is 130. The van der Waals surface area contributed by atoms with Crippen LogP contribution in [0.5, 0.6) is 0 Å². The van der Waals surface area contributed by atoms with E-state index >= 15 is 0 Å². The fourth-order valence-corrected chi connectivity index (χ4v) is 1.74. The van der Waals surface area contributed by atoms with E-state index in [1.807, 2.05) is 0 Å². The standard InChI is InChI=1S/C9H19NO2/c1-3-4-10-5-8(2)12-9(6-10)7-11/h8-9,11H,3-7H2,1-2H3. The van der Waals surface area contributed by atoms with Gasteiger partial charge in [0, 0.05) is 13.1 Å². The van der Waals surface area contributed by atoms with E-state index in [1.165, 1.54) is 6.42 Å². The molecule has 0 spiro atoms. The summed E-state index contributed by atoms with van der Waals surface area (Å²) >= 11 is 0. The lowest BCUT2D eigenvalue weighted by Crippen LogP contribution is -2.48. The van der Waals surface area contributed by atoms with Gasteiger partial charge in [0.15, 0.2) is 0 Å². The normalized spacial score (nSPS) is 32.2. The molecule has 1 rings (SSSR count). The third-order valence-electron chi connectivity index (χ3n) is 2.15. The van der Waals surface area contributed by atoms with E-state index in [0.29, 0.717) is 0 Å². The molecule has 0 aromatic rings. The summed E-state index contributed by atoms with van der Waals surface area (Å²) in [6.45, 7) is 7.38. The van der Waals surface area contributed by atoms with E-state index in [0.717, 1.165) is 19.6 Å². The highest BCUT2D eigenvalue weighted by molar-refractivity contribution is 4.74. The molecule has 1 aliphatic rings. The van der Waals surface area contributed by atoms with Crippen LogP contribution in [0, 0.1) is 0 Å². The summed E-state index contributed by atoms with van der Waals surface area (Å²) in [5.74, 6) is 0. The number of aliphatic hydroxyl groups is 1. The average molecular weight is 173 g/mol. The van der Waals surface area contributed by atoms with Crippen molar-refractivity contribution < 1.29 is 9.84 Å². The van der Waals surface area contributed by atoms with Gasteiger partial charge < -0.3 is 9.84 Å². The van der Waals surface area contributed by atoms with Crippen molar-refractivity contribution in [1.29, 1.82) is 0 Å². The molecule has 2 atom stereocenters. The average Bonchev–Trinajstić information content (AvgIpc) is 2.04. The van der Waals surface area contributed by atoms with Crippen molar-refractivity contribution in [3.05, 3.63) is 0 Å². The maximum absolute atomic E-state index is 8.94. The SMILES string of the molecule is CCCN1CC(C)OC(CO)C1. The Balaban J connectivity index is 2.34. The molecular formula is C9H19NO2. The zero-order valence-corrected chi connectivity index (χ0v) is 7.99. The maximum atomic E-state index is 8.94. The minimum Gasteiger partial charge on any atom is -0.394 e. The van der Waals surface area contributed by atoms with Gasteiger partial charge >= 0.3 is 0 Å². The number of hydrogen-bond acceptors (Lipinski definition) is 3. The quantitative estimate of drug-likeness (QED) is 0.673. The molecule has 1 saturated heterocycles. The Labute approximate surface area is 74.3 Å². The van der Waals surface area contributed by atoms with Crippen LogP contribution in [0.1, 0.15) is 20.3 Å². The van der Waals surface area contributed by atoms with Crippen LogP contribution in [0.3, 0.4) is 0 Å². The van der Waals surface area contributed by atoms with Gasteiger partial charge in [-0.15, -0.1) is 0 Å². The first-order valence-corrected chi connectivity index (χ1v) is 4.75. The van der Waals surface area contributed by atoms with Gasteiger partial charge in [0.1, 0.15) is 0 Å². The Hall–Kier alpha value is -0.120. The Kier molecular flexibility index (Phi) is 3.98. The number of rotatable bonds is 3. The highest BCUT2D eigenvalue weighted by Gasteiger charge is 2.23. The van der Waals surface area contributed by atoms with Crippen LogP contribution in [0.15, 0.2) is 0 Å². The first kappa shape index (κ1) is 9.96. The number of hydrogen-bond donors (Lipinski definition) is 1. The summed E-state index contributed by atoms with van der Waals surface area (Å²) in [6.07, 6.45) is 1.47. The summed E-state index contributed by atoms with van der Waals surface area (Å²) in [5, 5.41) is 8.94. The van der Waals surface area contributed by atoms with Crippen molar-refractivity contribution in [2.75, 3.05) is 26.2 Å². The highest BCUT2D eigenvalue weighted by atomic mass is 16.5. The molecular weight excluding hydrogens is 154 g/mol. The summed E-state index contributed by atoms with van der Waals surface area (Å²) < 4.78 is 5.52. The van der Waals surface area contributed by atoms with Crippen molar-refractivity contribution in [2.45, 2.75) is 32.5 Å². The van der Waals surface area contributed by atoms with Crippen molar-refractivity contribution in [3.8, 4) is 0 Å². The molecule has 12 heavy (non-hydrogen) atoms. The zero-order chi connectivity index (χ0) is 8.97. The summed E-state index contributed by atoms with van der Waals surface area (Å²) in [4.78, 5) is 2.36. The minimum absolute atomic E-state index is 0.0281. The van der Waals surface area contributed by atoms with Crippen LogP contribution in [-0.2, 0) is 4.74 Å². The molecule has 72 valence electrons. The van der Waals surface area contributed by atoms with Gasteiger partial charge in [0.25, 0.3) is 0 Å². The smallest absolute Gasteiger partial charge is 0.0936 e. The molecule has 0 radical (unpaired) electrons. The summed E-state index contributed by atoms with van der Waals surface area (Å²) in [7, 11) is 0.